The minimum atomic E-state index is 0.641. The molecular weight excluding hydrogens is 232 g/mol. The van der Waals surface area contributed by atoms with E-state index in [1.807, 2.05) is 11.8 Å². The summed E-state index contributed by atoms with van der Waals surface area (Å²) < 4.78 is 0. The number of anilines is 2. The molecule has 1 fully saturated rings. The SMILES string of the molecule is CCCc1c(N)ncnc1N1CCSC(C)C1. The van der Waals surface area contributed by atoms with Crippen LogP contribution in [0.1, 0.15) is 25.8 Å². The van der Waals surface area contributed by atoms with E-state index in [4.69, 9.17) is 5.73 Å². The van der Waals surface area contributed by atoms with Crippen molar-refractivity contribution >= 4 is 23.4 Å². The van der Waals surface area contributed by atoms with Crippen molar-refractivity contribution in [1.29, 1.82) is 0 Å². The number of rotatable bonds is 3. The number of nitrogen functional groups attached to an aromatic ring is 1. The topological polar surface area (TPSA) is 55.0 Å². The molecule has 4 nitrogen and oxygen atoms in total. The predicted octanol–water partition coefficient (Wildman–Crippen LogP) is 1.95. The van der Waals surface area contributed by atoms with Gasteiger partial charge in [0.1, 0.15) is 18.0 Å². The molecule has 0 bridgehead atoms. The lowest BCUT2D eigenvalue weighted by Crippen LogP contribution is -2.38. The molecule has 94 valence electrons. The molecular formula is C12H20N4S. The van der Waals surface area contributed by atoms with Crippen LogP contribution in [0.15, 0.2) is 6.33 Å². The molecule has 2 N–H and O–H groups in total. The van der Waals surface area contributed by atoms with Crippen molar-refractivity contribution in [3.05, 3.63) is 11.9 Å². The maximum atomic E-state index is 5.97. The molecule has 2 heterocycles. The second kappa shape index (κ2) is 5.58. The molecule has 1 unspecified atom stereocenters. The Morgan fingerprint density at radius 2 is 2.35 bits per heavy atom. The number of nitrogens with zero attached hydrogens (tertiary/aromatic N) is 3. The summed E-state index contributed by atoms with van der Waals surface area (Å²) in [5, 5.41) is 0.661. The lowest BCUT2D eigenvalue weighted by molar-refractivity contribution is 0.756. The van der Waals surface area contributed by atoms with E-state index in [0.29, 0.717) is 11.1 Å². The van der Waals surface area contributed by atoms with E-state index in [1.54, 1.807) is 6.33 Å². The van der Waals surface area contributed by atoms with Crippen LogP contribution in [-0.2, 0) is 6.42 Å². The highest BCUT2D eigenvalue weighted by Crippen LogP contribution is 2.27. The van der Waals surface area contributed by atoms with E-state index in [1.165, 1.54) is 0 Å². The van der Waals surface area contributed by atoms with Crippen molar-refractivity contribution in [2.45, 2.75) is 31.9 Å². The average molecular weight is 252 g/mol. The van der Waals surface area contributed by atoms with E-state index >= 15 is 0 Å². The number of aromatic nitrogens is 2. The molecule has 0 saturated carbocycles. The van der Waals surface area contributed by atoms with E-state index in [-0.39, 0.29) is 0 Å². The molecule has 0 aromatic carbocycles. The highest BCUT2D eigenvalue weighted by molar-refractivity contribution is 8.00. The molecule has 1 aromatic heterocycles. The molecule has 0 aliphatic carbocycles. The van der Waals surface area contributed by atoms with Gasteiger partial charge in [-0.15, -0.1) is 0 Å². The highest BCUT2D eigenvalue weighted by Gasteiger charge is 2.21. The minimum absolute atomic E-state index is 0.641. The minimum Gasteiger partial charge on any atom is -0.383 e. The number of hydrogen-bond donors (Lipinski definition) is 1. The zero-order chi connectivity index (χ0) is 12.3. The van der Waals surface area contributed by atoms with Gasteiger partial charge in [-0.2, -0.15) is 11.8 Å². The fraction of sp³-hybridized carbons (Fsp3) is 0.667. The van der Waals surface area contributed by atoms with Crippen molar-refractivity contribution in [3.63, 3.8) is 0 Å². The first kappa shape index (κ1) is 12.5. The van der Waals surface area contributed by atoms with Gasteiger partial charge in [-0.25, -0.2) is 9.97 Å². The first-order valence-corrected chi connectivity index (χ1v) is 7.23. The summed E-state index contributed by atoms with van der Waals surface area (Å²) in [4.78, 5) is 10.9. The Labute approximate surface area is 107 Å². The van der Waals surface area contributed by atoms with Crippen molar-refractivity contribution in [3.8, 4) is 0 Å². The Morgan fingerprint density at radius 1 is 1.53 bits per heavy atom. The van der Waals surface area contributed by atoms with Crippen molar-refractivity contribution in [2.75, 3.05) is 29.5 Å². The quantitative estimate of drug-likeness (QED) is 0.891. The molecule has 5 heteroatoms. The lowest BCUT2D eigenvalue weighted by Gasteiger charge is -2.32. The second-order valence-corrected chi connectivity index (χ2v) is 5.98. The molecule has 0 spiro atoms. The maximum Gasteiger partial charge on any atom is 0.137 e. The van der Waals surface area contributed by atoms with E-state index < -0.39 is 0 Å². The van der Waals surface area contributed by atoms with Crippen molar-refractivity contribution in [1.82, 2.24) is 9.97 Å². The van der Waals surface area contributed by atoms with Gasteiger partial charge < -0.3 is 10.6 Å². The zero-order valence-corrected chi connectivity index (χ0v) is 11.3. The highest BCUT2D eigenvalue weighted by atomic mass is 32.2. The standard InChI is InChI=1S/C12H20N4S/c1-3-4-10-11(13)14-8-15-12(10)16-5-6-17-9(2)7-16/h8-9H,3-7H2,1-2H3,(H2,13,14,15). The van der Waals surface area contributed by atoms with Gasteiger partial charge in [0, 0.05) is 29.7 Å². The molecule has 0 radical (unpaired) electrons. The largest absolute Gasteiger partial charge is 0.383 e. The van der Waals surface area contributed by atoms with E-state index in [2.05, 4.69) is 28.7 Å². The third-order valence-corrected chi connectivity index (χ3v) is 4.13. The molecule has 2 rings (SSSR count). The summed E-state index contributed by atoms with van der Waals surface area (Å²) in [5.74, 6) is 2.85. The van der Waals surface area contributed by atoms with Crippen LogP contribution in [0.25, 0.3) is 0 Å². The molecule has 1 aromatic rings. The van der Waals surface area contributed by atoms with Gasteiger partial charge in [0.25, 0.3) is 0 Å². The summed E-state index contributed by atoms with van der Waals surface area (Å²) in [5.41, 5.74) is 7.09. The van der Waals surface area contributed by atoms with Gasteiger partial charge in [-0.3, -0.25) is 0 Å². The molecule has 1 aliphatic rings. The Balaban J connectivity index is 2.27. The van der Waals surface area contributed by atoms with Gasteiger partial charge in [0.15, 0.2) is 0 Å². The number of hydrogen-bond acceptors (Lipinski definition) is 5. The van der Waals surface area contributed by atoms with Gasteiger partial charge in [0.05, 0.1) is 0 Å². The van der Waals surface area contributed by atoms with Gasteiger partial charge in [-0.1, -0.05) is 20.3 Å². The first-order valence-electron chi connectivity index (χ1n) is 6.18. The Bertz CT molecular complexity index is 383. The zero-order valence-electron chi connectivity index (χ0n) is 10.5. The van der Waals surface area contributed by atoms with Gasteiger partial charge in [0.2, 0.25) is 0 Å². The molecule has 0 amide bonds. The summed E-state index contributed by atoms with van der Waals surface area (Å²) in [6, 6.07) is 0. The van der Waals surface area contributed by atoms with Crippen molar-refractivity contribution in [2.24, 2.45) is 0 Å². The maximum absolute atomic E-state index is 5.97. The molecule has 17 heavy (non-hydrogen) atoms. The Hall–Kier alpha value is -0.970. The van der Waals surface area contributed by atoms with Crippen LogP contribution in [-0.4, -0.2) is 34.1 Å². The Morgan fingerprint density at radius 3 is 3.06 bits per heavy atom. The van der Waals surface area contributed by atoms with Gasteiger partial charge in [-0.05, 0) is 6.42 Å². The number of nitrogens with two attached hydrogens (primary N) is 1. The van der Waals surface area contributed by atoms with Crippen LogP contribution < -0.4 is 10.6 Å². The first-order chi connectivity index (χ1) is 8.22. The fourth-order valence-electron chi connectivity index (χ4n) is 2.19. The van der Waals surface area contributed by atoms with E-state index in [0.717, 1.165) is 43.1 Å². The van der Waals surface area contributed by atoms with Crippen LogP contribution in [0.4, 0.5) is 11.6 Å². The monoisotopic (exact) mass is 252 g/mol. The van der Waals surface area contributed by atoms with Crippen molar-refractivity contribution < 1.29 is 0 Å². The van der Waals surface area contributed by atoms with E-state index in [9.17, 15) is 0 Å². The molecule has 1 atom stereocenters. The average Bonchev–Trinajstić information content (AvgIpc) is 2.32. The number of thioether (sulfide) groups is 1. The second-order valence-electron chi connectivity index (χ2n) is 4.44. The summed E-state index contributed by atoms with van der Waals surface area (Å²) in [6.07, 6.45) is 3.61. The fourth-order valence-corrected chi connectivity index (χ4v) is 3.20. The molecule has 1 saturated heterocycles. The smallest absolute Gasteiger partial charge is 0.137 e. The summed E-state index contributed by atoms with van der Waals surface area (Å²) >= 11 is 2.02. The van der Waals surface area contributed by atoms with Crippen LogP contribution in [0.2, 0.25) is 0 Å². The van der Waals surface area contributed by atoms with Crippen LogP contribution in [0.3, 0.4) is 0 Å². The summed E-state index contributed by atoms with van der Waals surface area (Å²) in [7, 11) is 0. The third-order valence-electron chi connectivity index (χ3n) is 3.00. The lowest BCUT2D eigenvalue weighted by atomic mass is 10.1. The summed E-state index contributed by atoms with van der Waals surface area (Å²) in [6.45, 7) is 6.53. The van der Waals surface area contributed by atoms with Crippen LogP contribution >= 0.6 is 11.8 Å². The molecule has 1 aliphatic heterocycles. The Kier molecular flexibility index (Phi) is 4.10. The van der Waals surface area contributed by atoms with Crippen LogP contribution in [0, 0.1) is 0 Å². The van der Waals surface area contributed by atoms with Crippen LogP contribution in [0.5, 0.6) is 0 Å². The third kappa shape index (κ3) is 2.83. The van der Waals surface area contributed by atoms with Gasteiger partial charge >= 0.3 is 0 Å². The predicted molar refractivity (Wildman–Crippen MR) is 74.6 cm³/mol. The normalized spacial score (nSPS) is 20.6.